The molecule has 0 heterocycles. The van der Waals surface area contributed by atoms with Crippen molar-refractivity contribution in [3.63, 3.8) is 0 Å². The molecule has 0 bridgehead atoms. The minimum Gasteiger partial charge on any atom is -0.484 e. The van der Waals surface area contributed by atoms with Crippen molar-refractivity contribution in [1.82, 2.24) is 4.72 Å². The molecule has 2 rings (SSSR count). The second-order valence-electron chi connectivity index (χ2n) is 7.62. The van der Waals surface area contributed by atoms with Gasteiger partial charge in [0.15, 0.2) is 6.61 Å². The summed E-state index contributed by atoms with van der Waals surface area (Å²) in [5.74, 6) is -0.224. The summed E-state index contributed by atoms with van der Waals surface area (Å²) < 4.78 is 37.5. The lowest BCUT2D eigenvalue weighted by Gasteiger charge is -2.10. The van der Waals surface area contributed by atoms with Gasteiger partial charge in [-0.25, -0.2) is 17.9 Å². The number of hydrogen-bond donors (Lipinski definition) is 2. The summed E-state index contributed by atoms with van der Waals surface area (Å²) in [6.45, 7) is 6.33. The maximum atomic E-state index is 12.2. The number of ether oxygens (including phenoxy) is 2. The Morgan fingerprint density at radius 2 is 1.66 bits per heavy atom. The Kier molecular flexibility index (Phi) is 9.67. The monoisotopic (exact) mass is 462 g/mol. The van der Waals surface area contributed by atoms with Gasteiger partial charge in [-0.15, -0.1) is 0 Å². The number of hydrogen-bond acceptors (Lipinski definition) is 6. The minimum atomic E-state index is -3.58. The number of anilines is 1. The van der Waals surface area contributed by atoms with Crippen molar-refractivity contribution < 1.29 is 27.5 Å². The Bertz CT molecular complexity index is 986. The highest BCUT2D eigenvalue weighted by atomic mass is 32.2. The van der Waals surface area contributed by atoms with Crippen LogP contribution in [0.2, 0.25) is 0 Å². The molecule has 0 aliphatic rings. The molecule has 0 saturated carbocycles. The molecule has 0 radical (unpaired) electrons. The molecule has 2 N–H and O–H groups in total. The molecule has 0 saturated heterocycles. The smallest absolute Gasteiger partial charge is 0.338 e. The lowest BCUT2D eigenvalue weighted by Crippen LogP contribution is -2.27. The van der Waals surface area contributed by atoms with Crippen molar-refractivity contribution >= 4 is 27.6 Å². The van der Waals surface area contributed by atoms with Crippen molar-refractivity contribution in [2.75, 3.05) is 25.1 Å². The summed E-state index contributed by atoms with van der Waals surface area (Å²) in [5.41, 5.74) is 0.926. The van der Waals surface area contributed by atoms with Gasteiger partial charge in [-0.1, -0.05) is 27.2 Å². The van der Waals surface area contributed by atoms with E-state index in [1.54, 1.807) is 24.3 Å². The van der Waals surface area contributed by atoms with Crippen molar-refractivity contribution in [3.8, 4) is 5.75 Å². The van der Waals surface area contributed by atoms with Gasteiger partial charge in [0, 0.05) is 12.2 Å². The van der Waals surface area contributed by atoms with Crippen molar-refractivity contribution in [3.05, 3.63) is 54.1 Å². The van der Waals surface area contributed by atoms with E-state index in [1.165, 1.54) is 24.3 Å². The first-order valence-corrected chi connectivity index (χ1v) is 12.0. The Balaban J connectivity index is 1.83. The Morgan fingerprint density at radius 3 is 2.25 bits per heavy atom. The highest BCUT2D eigenvalue weighted by molar-refractivity contribution is 7.89. The lowest BCUT2D eigenvalue weighted by molar-refractivity contribution is -0.118. The van der Waals surface area contributed by atoms with Crippen LogP contribution in [0.25, 0.3) is 0 Å². The Hall–Kier alpha value is -2.91. The van der Waals surface area contributed by atoms with E-state index in [1.807, 2.05) is 20.8 Å². The second kappa shape index (κ2) is 12.2. The molecule has 2 aromatic rings. The van der Waals surface area contributed by atoms with E-state index in [2.05, 4.69) is 10.0 Å². The fraction of sp³-hybridized carbons (Fsp3) is 0.391. The first-order valence-electron chi connectivity index (χ1n) is 10.5. The molecule has 0 atom stereocenters. The number of esters is 1. The summed E-state index contributed by atoms with van der Waals surface area (Å²) in [4.78, 5) is 24.1. The maximum Gasteiger partial charge on any atom is 0.338 e. The zero-order valence-corrected chi connectivity index (χ0v) is 19.4. The molecule has 0 spiro atoms. The largest absolute Gasteiger partial charge is 0.484 e. The van der Waals surface area contributed by atoms with Crippen LogP contribution in [0.1, 0.15) is 44.0 Å². The quantitative estimate of drug-likeness (QED) is 0.368. The molecule has 0 unspecified atom stereocenters. The highest BCUT2D eigenvalue weighted by Crippen LogP contribution is 2.16. The van der Waals surface area contributed by atoms with Crippen LogP contribution in [0.5, 0.6) is 5.75 Å². The zero-order valence-electron chi connectivity index (χ0n) is 18.6. The maximum absolute atomic E-state index is 12.2. The van der Waals surface area contributed by atoms with E-state index in [4.69, 9.17) is 9.47 Å². The van der Waals surface area contributed by atoms with Gasteiger partial charge in [0.05, 0.1) is 17.1 Å². The van der Waals surface area contributed by atoms with Gasteiger partial charge in [0.25, 0.3) is 5.91 Å². The molecule has 9 heteroatoms. The molecule has 32 heavy (non-hydrogen) atoms. The number of rotatable bonds is 12. The number of unbranched alkanes of at least 4 members (excludes halogenated alkanes) is 1. The van der Waals surface area contributed by atoms with Gasteiger partial charge < -0.3 is 14.8 Å². The van der Waals surface area contributed by atoms with Crippen molar-refractivity contribution in [1.29, 1.82) is 0 Å². The van der Waals surface area contributed by atoms with E-state index in [0.717, 1.165) is 12.8 Å². The second-order valence-corrected chi connectivity index (χ2v) is 9.39. The first kappa shape index (κ1) is 25.4. The van der Waals surface area contributed by atoms with Gasteiger partial charge in [-0.05, 0) is 60.9 Å². The third-order valence-corrected chi connectivity index (χ3v) is 5.76. The fourth-order valence-corrected chi connectivity index (χ4v) is 3.72. The molecule has 2 aromatic carbocycles. The first-order chi connectivity index (χ1) is 15.2. The highest BCUT2D eigenvalue weighted by Gasteiger charge is 2.14. The molecule has 8 nitrogen and oxygen atoms in total. The third kappa shape index (κ3) is 8.32. The molecule has 0 aliphatic heterocycles. The summed E-state index contributed by atoms with van der Waals surface area (Å²) in [7, 11) is -3.58. The molecule has 0 fully saturated rings. The predicted molar refractivity (Wildman–Crippen MR) is 122 cm³/mol. The van der Waals surface area contributed by atoms with Crippen molar-refractivity contribution in [2.24, 2.45) is 5.92 Å². The minimum absolute atomic E-state index is 0.128. The van der Waals surface area contributed by atoms with Crippen LogP contribution < -0.4 is 14.8 Å². The van der Waals surface area contributed by atoms with Gasteiger partial charge in [0.1, 0.15) is 5.75 Å². The predicted octanol–water partition coefficient (Wildman–Crippen LogP) is 3.60. The topological polar surface area (TPSA) is 111 Å². The van der Waals surface area contributed by atoms with Crippen LogP contribution in [-0.2, 0) is 19.6 Å². The SMILES string of the molecule is CCCCOC(=O)c1ccc(NC(=O)COc2ccc(S(=O)(=O)NCC(C)C)cc2)cc1. The summed E-state index contributed by atoms with van der Waals surface area (Å²) in [5, 5.41) is 2.67. The van der Waals surface area contributed by atoms with Crippen LogP contribution in [0, 0.1) is 5.92 Å². The van der Waals surface area contributed by atoms with Crippen molar-refractivity contribution in [2.45, 2.75) is 38.5 Å². The van der Waals surface area contributed by atoms with E-state index < -0.39 is 21.9 Å². The van der Waals surface area contributed by atoms with Crippen LogP contribution in [-0.4, -0.2) is 40.1 Å². The molecular formula is C23H30N2O6S. The molecular weight excluding hydrogens is 432 g/mol. The average Bonchev–Trinajstić information content (AvgIpc) is 2.77. The Labute approximate surface area is 189 Å². The number of carbonyl (C=O) groups excluding carboxylic acids is 2. The standard InChI is InChI=1S/C23H30N2O6S/c1-4-5-14-30-23(27)18-6-8-19(9-7-18)25-22(26)16-31-20-10-12-21(13-11-20)32(28,29)24-15-17(2)3/h6-13,17,24H,4-5,14-16H2,1-3H3,(H,25,26). The van der Waals surface area contributed by atoms with Gasteiger partial charge in [0.2, 0.25) is 10.0 Å². The number of sulfonamides is 1. The van der Waals surface area contributed by atoms with Gasteiger partial charge in [-0.2, -0.15) is 0 Å². The lowest BCUT2D eigenvalue weighted by atomic mass is 10.2. The number of amides is 1. The van der Waals surface area contributed by atoms with Gasteiger partial charge >= 0.3 is 5.97 Å². The average molecular weight is 463 g/mol. The zero-order chi connectivity index (χ0) is 23.6. The molecule has 0 aliphatic carbocycles. The molecule has 1 amide bonds. The molecule has 0 aromatic heterocycles. The van der Waals surface area contributed by atoms with Crippen LogP contribution >= 0.6 is 0 Å². The number of benzene rings is 2. The molecule has 174 valence electrons. The number of nitrogens with one attached hydrogen (secondary N) is 2. The normalized spacial score (nSPS) is 11.2. The third-order valence-electron chi connectivity index (χ3n) is 4.32. The van der Waals surface area contributed by atoms with E-state index in [9.17, 15) is 18.0 Å². The summed E-state index contributed by atoms with van der Waals surface area (Å²) in [6.07, 6.45) is 1.76. The summed E-state index contributed by atoms with van der Waals surface area (Å²) >= 11 is 0. The Morgan fingerprint density at radius 1 is 1.00 bits per heavy atom. The van der Waals surface area contributed by atoms with E-state index in [0.29, 0.717) is 30.2 Å². The number of carbonyl (C=O) groups is 2. The van der Waals surface area contributed by atoms with Gasteiger partial charge in [-0.3, -0.25) is 4.79 Å². The van der Waals surface area contributed by atoms with E-state index >= 15 is 0 Å². The van der Waals surface area contributed by atoms with Crippen LogP contribution in [0.15, 0.2) is 53.4 Å². The van der Waals surface area contributed by atoms with Crippen LogP contribution in [0.4, 0.5) is 5.69 Å². The summed E-state index contributed by atoms with van der Waals surface area (Å²) in [6, 6.07) is 12.2. The fourth-order valence-electron chi connectivity index (χ4n) is 2.50. The van der Waals surface area contributed by atoms with E-state index in [-0.39, 0.29) is 17.4 Å². The van der Waals surface area contributed by atoms with Crippen LogP contribution in [0.3, 0.4) is 0 Å².